The number of halogens is 1. The van der Waals surface area contributed by atoms with Crippen molar-refractivity contribution in [3.63, 3.8) is 0 Å². The van der Waals surface area contributed by atoms with E-state index in [1.54, 1.807) is 6.92 Å². The molecule has 4 aromatic carbocycles. The number of hydrogen-bond donors (Lipinski definition) is 0. The van der Waals surface area contributed by atoms with Crippen LogP contribution in [0.5, 0.6) is 5.75 Å². The van der Waals surface area contributed by atoms with Gasteiger partial charge in [-0.3, -0.25) is 9.69 Å². The second-order valence-electron chi connectivity index (χ2n) is 8.66. The predicted molar refractivity (Wildman–Crippen MR) is 146 cm³/mol. The number of carbonyl (C=O) groups excluding carboxylic acids is 1. The molecular formula is C30H26ClN3O2. The van der Waals surface area contributed by atoms with Crippen molar-refractivity contribution in [3.8, 4) is 5.75 Å². The van der Waals surface area contributed by atoms with Crippen molar-refractivity contribution < 1.29 is 9.53 Å². The van der Waals surface area contributed by atoms with Gasteiger partial charge in [-0.2, -0.15) is 0 Å². The molecule has 0 aliphatic carbocycles. The zero-order chi connectivity index (χ0) is 25.1. The first-order chi connectivity index (χ1) is 17.5. The molecule has 0 N–H and O–H groups in total. The number of carbonyl (C=O) groups is 1. The van der Waals surface area contributed by atoms with Gasteiger partial charge in [-0.15, -0.1) is 5.10 Å². The van der Waals surface area contributed by atoms with E-state index in [2.05, 4.69) is 6.07 Å². The van der Waals surface area contributed by atoms with Gasteiger partial charge in [0.1, 0.15) is 12.4 Å². The van der Waals surface area contributed by atoms with Gasteiger partial charge in [0, 0.05) is 28.8 Å². The van der Waals surface area contributed by atoms with Crippen molar-refractivity contribution in [3.05, 3.63) is 125 Å². The third kappa shape index (κ3) is 4.70. The first-order valence-corrected chi connectivity index (χ1v) is 12.2. The Kier molecular flexibility index (Phi) is 6.74. The molecule has 36 heavy (non-hydrogen) atoms. The van der Waals surface area contributed by atoms with E-state index >= 15 is 0 Å². The summed E-state index contributed by atoms with van der Waals surface area (Å²) in [6.45, 7) is 3.90. The average Bonchev–Trinajstić information content (AvgIpc) is 3.30. The standard InChI is InChI=1S/C30H26ClN3O2/c1-21-11-10-15-25(19-21)33-29(22(2)35)32-34(24-13-4-3-5-14-24)30(33)26-16-7-9-18-28(26)36-20-23-12-6-8-17-27(23)31/h3-19,30H,20H2,1-2H3. The van der Waals surface area contributed by atoms with Crippen LogP contribution in [0.15, 0.2) is 108 Å². The number of hydrazone groups is 1. The third-order valence-corrected chi connectivity index (χ3v) is 6.43. The Bertz CT molecular complexity index is 1420. The molecule has 0 bridgehead atoms. The highest BCUT2D eigenvalue weighted by atomic mass is 35.5. The average molecular weight is 496 g/mol. The number of benzene rings is 4. The van der Waals surface area contributed by atoms with E-state index in [0.29, 0.717) is 23.2 Å². The first-order valence-electron chi connectivity index (χ1n) is 11.8. The molecule has 5 nitrogen and oxygen atoms in total. The van der Waals surface area contributed by atoms with Gasteiger partial charge in [-0.25, -0.2) is 5.01 Å². The number of ketones is 1. The fourth-order valence-corrected chi connectivity index (χ4v) is 4.55. The van der Waals surface area contributed by atoms with Crippen LogP contribution in [-0.4, -0.2) is 11.6 Å². The number of nitrogens with zero attached hydrogens (tertiary/aromatic N) is 3. The summed E-state index contributed by atoms with van der Waals surface area (Å²) in [5.41, 5.74) is 4.63. The van der Waals surface area contributed by atoms with E-state index < -0.39 is 6.17 Å². The normalized spacial score (nSPS) is 15.1. The van der Waals surface area contributed by atoms with Crippen LogP contribution in [0, 0.1) is 6.92 Å². The Hall–Kier alpha value is -4.09. The molecule has 0 amide bonds. The first kappa shape index (κ1) is 23.6. The minimum Gasteiger partial charge on any atom is -0.488 e. The largest absolute Gasteiger partial charge is 0.488 e. The molecular weight excluding hydrogens is 470 g/mol. The summed E-state index contributed by atoms with van der Waals surface area (Å²) in [4.78, 5) is 14.8. The van der Waals surface area contributed by atoms with Crippen LogP contribution >= 0.6 is 11.6 Å². The van der Waals surface area contributed by atoms with E-state index in [4.69, 9.17) is 21.4 Å². The van der Waals surface area contributed by atoms with Crippen molar-refractivity contribution >= 4 is 34.6 Å². The Balaban J connectivity index is 1.62. The lowest BCUT2D eigenvalue weighted by Gasteiger charge is -2.33. The van der Waals surface area contributed by atoms with Gasteiger partial charge in [0.05, 0.1) is 5.69 Å². The number of anilines is 2. The highest BCUT2D eigenvalue weighted by Gasteiger charge is 2.40. The Morgan fingerprint density at radius 1 is 0.889 bits per heavy atom. The summed E-state index contributed by atoms with van der Waals surface area (Å²) >= 11 is 6.38. The number of Topliss-reactive ketones (excluding diaryl/α,β-unsaturated/α-hetero) is 1. The van der Waals surface area contributed by atoms with Gasteiger partial charge in [0.15, 0.2) is 17.8 Å². The van der Waals surface area contributed by atoms with E-state index in [1.165, 1.54) is 0 Å². The van der Waals surface area contributed by atoms with Gasteiger partial charge < -0.3 is 4.74 Å². The lowest BCUT2D eigenvalue weighted by atomic mass is 10.1. The van der Waals surface area contributed by atoms with Gasteiger partial charge >= 0.3 is 0 Å². The van der Waals surface area contributed by atoms with Crippen LogP contribution in [0.25, 0.3) is 0 Å². The summed E-state index contributed by atoms with van der Waals surface area (Å²) < 4.78 is 6.33. The van der Waals surface area contributed by atoms with Crippen LogP contribution in [0.4, 0.5) is 11.4 Å². The number of rotatable bonds is 7. The van der Waals surface area contributed by atoms with E-state index in [1.807, 2.05) is 114 Å². The molecule has 1 atom stereocenters. The summed E-state index contributed by atoms with van der Waals surface area (Å²) in [5, 5.41) is 7.37. The van der Waals surface area contributed by atoms with Gasteiger partial charge in [0.25, 0.3) is 0 Å². The van der Waals surface area contributed by atoms with Crippen LogP contribution in [-0.2, 0) is 11.4 Å². The third-order valence-electron chi connectivity index (χ3n) is 6.06. The van der Waals surface area contributed by atoms with E-state index in [9.17, 15) is 4.79 Å². The molecule has 1 unspecified atom stereocenters. The zero-order valence-corrected chi connectivity index (χ0v) is 20.9. The highest BCUT2D eigenvalue weighted by molar-refractivity contribution is 6.44. The lowest BCUT2D eigenvalue weighted by Crippen LogP contribution is -2.38. The fourth-order valence-electron chi connectivity index (χ4n) is 4.36. The quantitative estimate of drug-likeness (QED) is 0.273. The van der Waals surface area contributed by atoms with Crippen LogP contribution in [0.2, 0.25) is 5.02 Å². The highest BCUT2D eigenvalue weighted by Crippen LogP contribution is 2.42. The summed E-state index contributed by atoms with van der Waals surface area (Å²) in [7, 11) is 0. The van der Waals surface area contributed by atoms with Crippen molar-refractivity contribution in [2.75, 3.05) is 9.91 Å². The molecule has 0 aromatic heterocycles. The van der Waals surface area contributed by atoms with Crippen molar-refractivity contribution in [2.24, 2.45) is 5.10 Å². The van der Waals surface area contributed by atoms with Crippen molar-refractivity contribution in [1.82, 2.24) is 0 Å². The topological polar surface area (TPSA) is 45.1 Å². The number of ether oxygens (including phenoxy) is 1. The molecule has 4 aromatic rings. The van der Waals surface area contributed by atoms with Crippen LogP contribution in [0.1, 0.15) is 29.8 Å². The number of hydrogen-bond acceptors (Lipinski definition) is 5. The fraction of sp³-hybridized carbons (Fsp3) is 0.133. The molecule has 0 fully saturated rings. The Morgan fingerprint density at radius 3 is 2.33 bits per heavy atom. The Labute approximate surface area is 216 Å². The second-order valence-corrected chi connectivity index (χ2v) is 9.07. The van der Waals surface area contributed by atoms with Gasteiger partial charge in [-0.1, -0.05) is 78.3 Å². The van der Waals surface area contributed by atoms with E-state index in [-0.39, 0.29) is 5.78 Å². The Morgan fingerprint density at radius 2 is 1.58 bits per heavy atom. The smallest absolute Gasteiger partial charge is 0.198 e. The minimum atomic E-state index is -0.435. The van der Waals surface area contributed by atoms with Gasteiger partial charge in [0.2, 0.25) is 0 Å². The number of aryl methyl sites for hydroxylation is 1. The van der Waals surface area contributed by atoms with Crippen molar-refractivity contribution in [1.29, 1.82) is 0 Å². The zero-order valence-electron chi connectivity index (χ0n) is 20.1. The molecule has 1 heterocycles. The predicted octanol–water partition coefficient (Wildman–Crippen LogP) is 7.16. The van der Waals surface area contributed by atoms with Crippen LogP contribution in [0.3, 0.4) is 0 Å². The maximum atomic E-state index is 12.9. The summed E-state index contributed by atoms with van der Waals surface area (Å²) in [6, 6.07) is 33.5. The molecule has 0 radical (unpaired) electrons. The molecule has 6 heteroatoms. The second kappa shape index (κ2) is 10.3. The molecule has 0 spiro atoms. The monoisotopic (exact) mass is 495 g/mol. The van der Waals surface area contributed by atoms with Gasteiger partial charge in [-0.05, 0) is 48.9 Å². The van der Waals surface area contributed by atoms with E-state index in [0.717, 1.165) is 28.1 Å². The van der Waals surface area contributed by atoms with Crippen LogP contribution < -0.4 is 14.6 Å². The maximum absolute atomic E-state index is 12.9. The molecule has 5 rings (SSSR count). The summed E-state index contributed by atoms with van der Waals surface area (Å²) in [6.07, 6.45) is -0.435. The number of amidine groups is 1. The minimum absolute atomic E-state index is 0.116. The molecule has 1 aliphatic rings. The molecule has 0 saturated carbocycles. The molecule has 1 aliphatic heterocycles. The number of para-hydroxylation sites is 2. The molecule has 0 saturated heterocycles. The lowest BCUT2D eigenvalue weighted by molar-refractivity contribution is -0.111. The SMILES string of the molecule is CC(=O)C1=NN(c2ccccc2)C(c2ccccc2OCc2ccccc2Cl)N1c1cccc(C)c1. The molecule has 180 valence electrons. The maximum Gasteiger partial charge on any atom is 0.198 e. The van der Waals surface area contributed by atoms with Crippen molar-refractivity contribution in [2.45, 2.75) is 26.6 Å². The summed E-state index contributed by atoms with van der Waals surface area (Å²) in [5.74, 6) is 0.950.